The second-order valence-corrected chi connectivity index (χ2v) is 6.43. The van der Waals surface area contributed by atoms with E-state index in [2.05, 4.69) is 31.0 Å². The molecular formula is C21H37ClN2O3. The molecule has 1 aromatic carbocycles. The third-order valence-electron chi connectivity index (χ3n) is 4.38. The highest BCUT2D eigenvalue weighted by molar-refractivity contribution is 5.85. The Morgan fingerprint density at radius 1 is 1.00 bits per heavy atom. The van der Waals surface area contributed by atoms with E-state index in [1.165, 1.54) is 32.1 Å². The number of carbonyl (C=O) groups excluding carboxylic acids is 1. The molecule has 0 atom stereocenters. The predicted octanol–water partition coefficient (Wildman–Crippen LogP) is 5.74. The van der Waals surface area contributed by atoms with Crippen molar-refractivity contribution in [2.75, 3.05) is 38.2 Å². The average Bonchev–Trinajstić information content (AvgIpc) is 2.65. The van der Waals surface area contributed by atoms with Crippen LogP contribution in [0.25, 0.3) is 0 Å². The van der Waals surface area contributed by atoms with Crippen LogP contribution in [0.15, 0.2) is 24.3 Å². The highest BCUT2D eigenvalue weighted by atomic mass is 35.5. The number of hydrogen-bond donors (Lipinski definition) is 1. The topological polar surface area (TPSA) is 50.8 Å². The van der Waals surface area contributed by atoms with E-state index in [0.717, 1.165) is 31.8 Å². The van der Waals surface area contributed by atoms with Crippen LogP contribution >= 0.6 is 12.4 Å². The van der Waals surface area contributed by atoms with E-state index in [9.17, 15) is 4.79 Å². The number of rotatable bonds is 14. The first-order valence-electron chi connectivity index (χ1n) is 10.1. The Morgan fingerprint density at radius 2 is 1.70 bits per heavy atom. The van der Waals surface area contributed by atoms with Gasteiger partial charge in [-0.1, -0.05) is 58.9 Å². The van der Waals surface area contributed by atoms with Gasteiger partial charge >= 0.3 is 6.09 Å². The fourth-order valence-corrected chi connectivity index (χ4v) is 2.70. The molecule has 1 N–H and O–H groups in total. The maximum absolute atomic E-state index is 11.9. The van der Waals surface area contributed by atoms with Gasteiger partial charge in [-0.05, 0) is 31.6 Å². The van der Waals surface area contributed by atoms with Crippen LogP contribution in [-0.2, 0) is 4.74 Å². The number of anilines is 1. The fourth-order valence-electron chi connectivity index (χ4n) is 2.70. The molecule has 0 bridgehead atoms. The Morgan fingerprint density at radius 3 is 2.41 bits per heavy atom. The van der Waals surface area contributed by atoms with Gasteiger partial charge in [0.2, 0.25) is 0 Å². The second-order valence-electron chi connectivity index (χ2n) is 6.43. The van der Waals surface area contributed by atoms with Gasteiger partial charge in [0.05, 0.1) is 6.61 Å². The van der Waals surface area contributed by atoms with E-state index in [1.54, 1.807) is 0 Å². The molecule has 0 aliphatic rings. The lowest BCUT2D eigenvalue weighted by Gasteiger charge is -2.17. The molecule has 0 aromatic heterocycles. The number of nitrogens with one attached hydrogen (secondary N) is 1. The van der Waals surface area contributed by atoms with Gasteiger partial charge in [0.25, 0.3) is 0 Å². The van der Waals surface area contributed by atoms with Gasteiger partial charge in [0.1, 0.15) is 12.4 Å². The molecule has 0 spiro atoms. The van der Waals surface area contributed by atoms with Crippen LogP contribution in [-0.4, -0.2) is 43.8 Å². The minimum absolute atomic E-state index is 0. The van der Waals surface area contributed by atoms with E-state index in [0.29, 0.717) is 18.9 Å². The van der Waals surface area contributed by atoms with Crippen LogP contribution in [0.1, 0.15) is 59.3 Å². The summed E-state index contributed by atoms with van der Waals surface area (Å²) in [5.74, 6) is 0.777. The van der Waals surface area contributed by atoms with Crippen molar-refractivity contribution in [3.05, 3.63) is 24.3 Å². The Kier molecular flexibility index (Phi) is 15.8. The number of ether oxygens (including phenoxy) is 2. The summed E-state index contributed by atoms with van der Waals surface area (Å²) in [4.78, 5) is 14.1. The molecule has 0 aliphatic carbocycles. The predicted molar refractivity (Wildman–Crippen MR) is 115 cm³/mol. The largest absolute Gasteiger partial charge is 0.494 e. The minimum Gasteiger partial charge on any atom is -0.494 e. The molecule has 1 amide bonds. The summed E-state index contributed by atoms with van der Waals surface area (Å²) >= 11 is 0. The number of nitrogens with zero attached hydrogens (tertiary/aromatic N) is 1. The Labute approximate surface area is 171 Å². The van der Waals surface area contributed by atoms with Gasteiger partial charge in [-0.25, -0.2) is 4.79 Å². The van der Waals surface area contributed by atoms with Crippen LogP contribution in [0.3, 0.4) is 0 Å². The Balaban J connectivity index is 0.00000676. The van der Waals surface area contributed by atoms with E-state index >= 15 is 0 Å². The number of carbonyl (C=O) groups is 1. The molecule has 156 valence electrons. The van der Waals surface area contributed by atoms with E-state index in [1.807, 2.05) is 24.3 Å². The number of unbranched alkanes of at least 4 members (excludes halogenated alkanes) is 5. The molecule has 0 saturated heterocycles. The van der Waals surface area contributed by atoms with Crippen LogP contribution in [0.2, 0.25) is 0 Å². The summed E-state index contributed by atoms with van der Waals surface area (Å²) in [6.07, 6.45) is 7.02. The summed E-state index contributed by atoms with van der Waals surface area (Å²) in [5, 5.41) is 2.76. The molecule has 0 saturated carbocycles. The molecule has 0 fully saturated rings. The quantitative estimate of drug-likeness (QED) is 0.404. The fraction of sp³-hybridized carbons (Fsp3) is 0.667. The van der Waals surface area contributed by atoms with Crippen molar-refractivity contribution in [2.24, 2.45) is 0 Å². The number of halogens is 1. The van der Waals surface area contributed by atoms with Crippen LogP contribution in [0.5, 0.6) is 5.75 Å². The van der Waals surface area contributed by atoms with Gasteiger partial charge < -0.3 is 14.4 Å². The highest BCUT2D eigenvalue weighted by Gasteiger charge is 2.06. The first kappa shape index (κ1) is 25.5. The van der Waals surface area contributed by atoms with E-state index in [-0.39, 0.29) is 12.4 Å². The highest BCUT2D eigenvalue weighted by Crippen LogP contribution is 2.18. The van der Waals surface area contributed by atoms with Gasteiger partial charge in [0, 0.05) is 18.3 Å². The summed E-state index contributed by atoms with van der Waals surface area (Å²) in [7, 11) is 0. The molecule has 0 heterocycles. The van der Waals surface area contributed by atoms with Crippen molar-refractivity contribution < 1.29 is 14.3 Å². The normalized spacial score (nSPS) is 10.4. The van der Waals surface area contributed by atoms with Crippen molar-refractivity contribution in [1.82, 2.24) is 4.90 Å². The number of hydrogen-bond acceptors (Lipinski definition) is 4. The monoisotopic (exact) mass is 400 g/mol. The van der Waals surface area contributed by atoms with Crippen molar-refractivity contribution in [2.45, 2.75) is 59.3 Å². The van der Waals surface area contributed by atoms with Gasteiger partial charge in [0.15, 0.2) is 0 Å². The SMILES string of the molecule is CCCCCCCCOc1cccc(NC(=O)OCCN(CC)CC)c1.Cl. The number of likely N-dealkylation sites (N-methyl/N-ethyl adjacent to an activating group) is 1. The molecule has 1 aromatic rings. The van der Waals surface area contributed by atoms with Gasteiger partial charge in [-0.2, -0.15) is 0 Å². The first-order chi connectivity index (χ1) is 12.7. The van der Waals surface area contributed by atoms with Crippen molar-refractivity contribution in [1.29, 1.82) is 0 Å². The van der Waals surface area contributed by atoms with E-state index < -0.39 is 6.09 Å². The summed E-state index contributed by atoms with van der Waals surface area (Å²) in [6, 6.07) is 7.46. The minimum atomic E-state index is -0.426. The molecule has 27 heavy (non-hydrogen) atoms. The lowest BCUT2D eigenvalue weighted by Crippen LogP contribution is -2.28. The maximum Gasteiger partial charge on any atom is 0.411 e. The van der Waals surface area contributed by atoms with E-state index in [4.69, 9.17) is 9.47 Å². The summed E-state index contributed by atoms with van der Waals surface area (Å²) in [6.45, 7) is 10.2. The number of amides is 1. The van der Waals surface area contributed by atoms with Crippen LogP contribution in [0, 0.1) is 0 Å². The number of benzene rings is 1. The molecule has 0 aliphatic heterocycles. The molecule has 6 heteroatoms. The standard InChI is InChI=1S/C21H36N2O3.ClH/c1-4-7-8-9-10-11-16-25-20-14-12-13-19(18-20)22-21(24)26-17-15-23(5-2)6-3;/h12-14,18H,4-11,15-17H2,1-3H3,(H,22,24);1H. The molecule has 0 unspecified atom stereocenters. The molecule has 1 rings (SSSR count). The molecular weight excluding hydrogens is 364 g/mol. The van der Waals surface area contributed by atoms with Crippen LogP contribution in [0.4, 0.5) is 10.5 Å². The summed E-state index contributed by atoms with van der Waals surface area (Å²) in [5.41, 5.74) is 0.693. The van der Waals surface area contributed by atoms with Crippen molar-refractivity contribution >= 4 is 24.2 Å². The zero-order valence-corrected chi connectivity index (χ0v) is 18.0. The Hall–Kier alpha value is -1.46. The third kappa shape index (κ3) is 12.5. The maximum atomic E-state index is 11.9. The average molecular weight is 401 g/mol. The summed E-state index contributed by atoms with van der Waals surface area (Å²) < 4.78 is 11.0. The lowest BCUT2D eigenvalue weighted by atomic mass is 10.1. The van der Waals surface area contributed by atoms with Crippen molar-refractivity contribution in [3.8, 4) is 5.75 Å². The van der Waals surface area contributed by atoms with Gasteiger partial charge in [-0.15, -0.1) is 12.4 Å². The van der Waals surface area contributed by atoms with Crippen molar-refractivity contribution in [3.63, 3.8) is 0 Å². The Bertz CT molecular complexity index is 496. The first-order valence-corrected chi connectivity index (χ1v) is 10.1. The third-order valence-corrected chi connectivity index (χ3v) is 4.38. The zero-order chi connectivity index (χ0) is 19.0. The molecule has 0 radical (unpaired) electrons. The smallest absolute Gasteiger partial charge is 0.411 e. The molecule has 5 nitrogen and oxygen atoms in total. The zero-order valence-electron chi connectivity index (χ0n) is 17.2. The lowest BCUT2D eigenvalue weighted by molar-refractivity contribution is 0.142. The second kappa shape index (κ2) is 16.7. The van der Waals surface area contributed by atoms with Gasteiger partial charge in [-0.3, -0.25) is 5.32 Å². The van der Waals surface area contributed by atoms with Crippen LogP contribution < -0.4 is 10.1 Å².